The number of halogens is 1. The van der Waals surface area contributed by atoms with E-state index >= 15 is 0 Å². The van der Waals surface area contributed by atoms with Gasteiger partial charge in [-0.3, -0.25) is 0 Å². The first-order valence-electron chi connectivity index (χ1n) is 9.24. The smallest absolute Gasteiger partial charge is 0.172 e. The third-order valence-corrected chi connectivity index (χ3v) is 5.73. The topological polar surface area (TPSA) is 75.6 Å². The Morgan fingerprint density at radius 2 is 1.70 bits per heavy atom. The molecule has 0 amide bonds. The first-order valence-corrected chi connectivity index (χ1v) is 10.5. The van der Waals surface area contributed by atoms with Gasteiger partial charge in [-0.15, -0.1) is 0 Å². The standard InChI is InChI=1S/C19H27IO7/c20-16-18-17(15(13-26-18)25-12-14-4-2-1-3-5-14)27-19(16)24-11-10-23-9-8-22-7-6-21/h1-5,15-19,21H,6-13H2/t15-,16-,17-,18-,19-/m1/s1. The van der Waals surface area contributed by atoms with Crippen LogP contribution < -0.4 is 0 Å². The lowest BCUT2D eigenvalue weighted by atomic mass is 10.1. The molecule has 2 saturated heterocycles. The zero-order valence-electron chi connectivity index (χ0n) is 15.2. The van der Waals surface area contributed by atoms with Crippen molar-refractivity contribution in [3.8, 4) is 0 Å². The summed E-state index contributed by atoms with van der Waals surface area (Å²) in [7, 11) is 0. The summed E-state index contributed by atoms with van der Waals surface area (Å²) in [6.07, 6.45) is -0.517. The molecule has 0 spiro atoms. The van der Waals surface area contributed by atoms with E-state index in [1.165, 1.54) is 0 Å². The number of aliphatic hydroxyl groups is 1. The molecule has 0 saturated carbocycles. The second-order valence-corrected chi connectivity index (χ2v) is 7.80. The second-order valence-electron chi connectivity index (χ2n) is 6.37. The predicted molar refractivity (Wildman–Crippen MR) is 106 cm³/mol. The van der Waals surface area contributed by atoms with Gasteiger partial charge in [-0.1, -0.05) is 52.9 Å². The zero-order chi connectivity index (χ0) is 18.9. The molecule has 5 atom stereocenters. The van der Waals surface area contributed by atoms with Crippen molar-refractivity contribution in [1.29, 1.82) is 0 Å². The maximum absolute atomic E-state index is 8.61. The molecule has 0 bridgehead atoms. The molecule has 2 fully saturated rings. The van der Waals surface area contributed by atoms with Crippen LogP contribution in [-0.2, 0) is 35.0 Å². The summed E-state index contributed by atoms with van der Waals surface area (Å²) in [6, 6.07) is 10.1. The first-order chi connectivity index (χ1) is 13.3. The van der Waals surface area contributed by atoms with Crippen molar-refractivity contribution < 1.29 is 33.5 Å². The van der Waals surface area contributed by atoms with E-state index in [0.717, 1.165) is 5.56 Å². The van der Waals surface area contributed by atoms with E-state index in [0.29, 0.717) is 46.2 Å². The van der Waals surface area contributed by atoms with E-state index in [1.807, 2.05) is 30.3 Å². The highest BCUT2D eigenvalue weighted by molar-refractivity contribution is 14.1. The van der Waals surface area contributed by atoms with Crippen molar-refractivity contribution in [1.82, 2.24) is 0 Å². The van der Waals surface area contributed by atoms with Gasteiger partial charge < -0.3 is 33.5 Å². The molecule has 27 heavy (non-hydrogen) atoms. The summed E-state index contributed by atoms with van der Waals surface area (Å²) < 4.78 is 34.5. The van der Waals surface area contributed by atoms with E-state index in [9.17, 15) is 0 Å². The number of fused-ring (bicyclic) bond motifs is 1. The van der Waals surface area contributed by atoms with Crippen molar-refractivity contribution in [2.24, 2.45) is 0 Å². The molecule has 2 heterocycles. The molecule has 0 aromatic heterocycles. The third kappa shape index (κ3) is 6.33. The van der Waals surface area contributed by atoms with Crippen LogP contribution in [0.1, 0.15) is 5.56 Å². The summed E-state index contributed by atoms with van der Waals surface area (Å²) >= 11 is 2.33. The lowest BCUT2D eigenvalue weighted by Crippen LogP contribution is -2.31. The van der Waals surface area contributed by atoms with Crippen LogP contribution in [0.4, 0.5) is 0 Å². The van der Waals surface area contributed by atoms with Crippen LogP contribution in [0.25, 0.3) is 0 Å². The molecular formula is C19H27IO7. The largest absolute Gasteiger partial charge is 0.394 e. The molecule has 1 N–H and O–H groups in total. The number of ether oxygens (including phenoxy) is 6. The second kappa shape index (κ2) is 11.6. The summed E-state index contributed by atoms with van der Waals surface area (Å²) in [6.45, 7) is 3.31. The molecule has 3 rings (SSSR count). The number of aliphatic hydroxyl groups excluding tert-OH is 1. The molecule has 2 aliphatic rings. The fourth-order valence-corrected chi connectivity index (χ4v) is 4.09. The first kappa shape index (κ1) is 21.4. The van der Waals surface area contributed by atoms with Gasteiger partial charge in [-0.05, 0) is 5.56 Å². The average molecular weight is 494 g/mol. The van der Waals surface area contributed by atoms with Gasteiger partial charge in [-0.25, -0.2) is 0 Å². The molecule has 8 heteroatoms. The summed E-state index contributed by atoms with van der Waals surface area (Å²) in [5.74, 6) is 0. The van der Waals surface area contributed by atoms with Crippen LogP contribution in [0.2, 0.25) is 0 Å². The van der Waals surface area contributed by atoms with Gasteiger partial charge in [0.1, 0.15) is 18.3 Å². The van der Waals surface area contributed by atoms with Gasteiger partial charge in [0.15, 0.2) is 6.29 Å². The highest BCUT2D eigenvalue weighted by Gasteiger charge is 2.52. The molecule has 1 aromatic rings. The number of alkyl halides is 1. The molecule has 7 nitrogen and oxygen atoms in total. The minimum absolute atomic E-state index is 0.0100. The van der Waals surface area contributed by atoms with Crippen LogP contribution in [0.3, 0.4) is 0 Å². The normalized spacial score (nSPS) is 29.9. The molecule has 0 radical (unpaired) electrons. The summed E-state index contributed by atoms with van der Waals surface area (Å²) in [4.78, 5) is 0. The fraction of sp³-hybridized carbons (Fsp3) is 0.684. The van der Waals surface area contributed by atoms with Crippen LogP contribution in [0.15, 0.2) is 30.3 Å². The van der Waals surface area contributed by atoms with Crippen molar-refractivity contribution in [3.05, 3.63) is 35.9 Å². The van der Waals surface area contributed by atoms with Crippen LogP contribution in [0, 0.1) is 0 Å². The van der Waals surface area contributed by atoms with Crippen molar-refractivity contribution in [3.63, 3.8) is 0 Å². The quantitative estimate of drug-likeness (QED) is 0.269. The van der Waals surface area contributed by atoms with Crippen molar-refractivity contribution >= 4 is 22.6 Å². The van der Waals surface area contributed by atoms with Crippen molar-refractivity contribution in [2.45, 2.75) is 35.1 Å². The number of hydrogen-bond donors (Lipinski definition) is 1. The third-order valence-electron chi connectivity index (χ3n) is 4.43. The zero-order valence-corrected chi connectivity index (χ0v) is 17.4. The molecular weight excluding hydrogens is 467 g/mol. The monoisotopic (exact) mass is 494 g/mol. The Hall–Kier alpha value is -0.330. The Kier molecular flexibility index (Phi) is 9.20. The van der Waals surface area contributed by atoms with E-state index in [2.05, 4.69) is 22.6 Å². The van der Waals surface area contributed by atoms with Gasteiger partial charge in [0, 0.05) is 0 Å². The van der Waals surface area contributed by atoms with Crippen molar-refractivity contribution in [2.75, 3.05) is 46.2 Å². The number of benzene rings is 1. The van der Waals surface area contributed by atoms with Gasteiger partial charge in [0.05, 0.1) is 56.8 Å². The fourth-order valence-electron chi connectivity index (χ4n) is 3.09. The highest BCUT2D eigenvalue weighted by atomic mass is 127. The van der Waals surface area contributed by atoms with Crippen LogP contribution in [0.5, 0.6) is 0 Å². The molecule has 152 valence electrons. The van der Waals surface area contributed by atoms with E-state index in [4.69, 9.17) is 33.5 Å². The summed E-state index contributed by atoms with van der Waals surface area (Å²) in [5.41, 5.74) is 1.14. The van der Waals surface area contributed by atoms with E-state index in [-0.39, 0.29) is 35.1 Å². The Balaban J connectivity index is 1.34. The number of hydrogen-bond acceptors (Lipinski definition) is 7. The van der Waals surface area contributed by atoms with Crippen LogP contribution in [-0.4, -0.2) is 79.9 Å². The Bertz CT molecular complexity index is 532. The predicted octanol–water partition coefficient (Wildman–Crippen LogP) is 1.54. The molecule has 0 aliphatic carbocycles. The molecule has 2 aliphatic heterocycles. The molecule has 0 unspecified atom stereocenters. The highest BCUT2D eigenvalue weighted by Crippen LogP contribution is 2.37. The Morgan fingerprint density at radius 1 is 0.963 bits per heavy atom. The Morgan fingerprint density at radius 3 is 2.48 bits per heavy atom. The lowest BCUT2D eigenvalue weighted by molar-refractivity contribution is -0.162. The SMILES string of the molecule is OCCOCCOCCO[C@@H]1O[C@H]2[C@H](OC[C@H]2OCc2ccccc2)[C@H]1I. The lowest BCUT2D eigenvalue weighted by Gasteiger charge is -2.20. The average Bonchev–Trinajstić information content (AvgIpc) is 3.23. The number of rotatable bonds is 12. The minimum Gasteiger partial charge on any atom is -0.394 e. The summed E-state index contributed by atoms with van der Waals surface area (Å²) in [5, 5.41) is 8.61. The van der Waals surface area contributed by atoms with Gasteiger partial charge >= 0.3 is 0 Å². The minimum atomic E-state index is -0.321. The van der Waals surface area contributed by atoms with Gasteiger partial charge in [0.25, 0.3) is 0 Å². The van der Waals surface area contributed by atoms with Gasteiger partial charge in [0.2, 0.25) is 0 Å². The van der Waals surface area contributed by atoms with Crippen LogP contribution >= 0.6 is 22.6 Å². The Labute approximate surface area is 173 Å². The maximum Gasteiger partial charge on any atom is 0.172 e. The van der Waals surface area contributed by atoms with E-state index < -0.39 is 0 Å². The molecule has 1 aromatic carbocycles. The van der Waals surface area contributed by atoms with Gasteiger partial charge in [-0.2, -0.15) is 0 Å². The maximum atomic E-state index is 8.61. The van der Waals surface area contributed by atoms with E-state index in [1.54, 1.807) is 0 Å².